The van der Waals surface area contributed by atoms with E-state index in [4.69, 9.17) is 9.47 Å². The maximum Gasteiger partial charge on any atom is 0.332 e. The summed E-state index contributed by atoms with van der Waals surface area (Å²) in [5.74, 6) is -0.970. The number of rotatable bonds is 7. The molecule has 6 nitrogen and oxygen atoms in total. The monoisotopic (exact) mass is 398 g/mol. The molecule has 0 aliphatic carbocycles. The van der Waals surface area contributed by atoms with Crippen molar-refractivity contribution in [2.45, 2.75) is 33.5 Å². The van der Waals surface area contributed by atoms with E-state index in [9.17, 15) is 9.59 Å². The predicted molar refractivity (Wildman–Crippen MR) is 109 cm³/mol. The average Bonchev–Trinajstić information content (AvgIpc) is 3.07. The first-order valence-electron chi connectivity index (χ1n) is 8.93. The maximum absolute atomic E-state index is 12.3. The van der Waals surface area contributed by atoms with Crippen molar-refractivity contribution >= 4 is 39.1 Å². The first-order chi connectivity index (χ1) is 13.4. The lowest BCUT2D eigenvalue weighted by molar-refractivity contribution is -0.157. The van der Waals surface area contributed by atoms with Gasteiger partial charge in [0.25, 0.3) is 5.91 Å². The van der Waals surface area contributed by atoms with E-state index in [1.165, 1.54) is 18.3 Å². The molecule has 0 aliphatic heterocycles. The number of ether oxygens (including phenoxy) is 2. The number of benzene rings is 2. The smallest absolute Gasteiger partial charge is 0.332 e. The van der Waals surface area contributed by atoms with E-state index < -0.39 is 12.1 Å². The first-order valence-corrected chi connectivity index (χ1v) is 9.74. The number of thiazole rings is 1. The Balaban J connectivity index is 1.46. The summed E-state index contributed by atoms with van der Waals surface area (Å²) in [4.78, 5) is 28.7. The van der Waals surface area contributed by atoms with Crippen LogP contribution in [0.2, 0.25) is 0 Å². The van der Waals surface area contributed by atoms with Gasteiger partial charge < -0.3 is 14.8 Å². The van der Waals surface area contributed by atoms with E-state index in [1.807, 2.05) is 56.3 Å². The summed E-state index contributed by atoms with van der Waals surface area (Å²) in [6, 6.07) is 13.5. The minimum absolute atomic E-state index is 0.220. The fourth-order valence-corrected chi connectivity index (χ4v) is 3.63. The minimum Gasteiger partial charge on any atom is -0.451 e. The third-order valence-corrected chi connectivity index (χ3v) is 5.20. The Morgan fingerprint density at radius 3 is 2.54 bits per heavy atom. The summed E-state index contributed by atoms with van der Waals surface area (Å²) < 4.78 is 11.6. The van der Waals surface area contributed by atoms with Crippen LogP contribution in [0.1, 0.15) is 23.1 Å². The standard InChI is InChI=1S/C21H22N2O4S/c1-13-7-6-8-14(2)20(13)23-21(25)15(3)27-19(24)12-26-11-18-22-16-9-4-5-10-17(16)28-18/h4-10,15H,11-12H2,1-3H3,(H,23,25)/t15-/m0/s1. The Hall–Kier alpha value is -2.77. The van der Waals surface area contributed by atoms with E-state index in [0.29, 0.717) is 0 Å². The summed E-state index contributed by atoms with van der Waals surface area (Å²) in [6.07, 6.45) is -0.919. The quantitative estimate of drug-likeness (QED) is 0.609. The van der Waals surface area contributed by atoms with Gasteiger partial charge in [-0.15, -0.1) is 11.3 Å². The highest BCUT2D eigenvalue weighted by Crippen LogP contribution is 2.22. The van der Waals surface area contributed by atoms with E-state index in [2.05, 4.69) is 10.3 Å². The molecule has 1 amide bonds. The molecule has 1 atom stereocenters. The highest BCUT2D eigenvalue weighted by atomic mass is 32.1. The van der Waals surface area contributed by atoms with Crippen LogP contribution in [0.25, 0.3) is 10.2 Å². The van der Waals surface area contributed by atoms with Crippen LogP contribution in [-0.2, 0) is 25.7 Å². The fraction of sp³-hybridized carbons (Fsp3) is 0.286. The summed E-state index contributed by atoms with van der Waals surface area (Å²) in [6.45, 7) is 5.34. The lowest BCUT2D eigenvalue weighted by atomic mass is 10.1. The molecule has 2 aromatic carbocycles. The number of nitrogens with one attached hydrogen (secondary N) is 1. The lowest BCUT2D eigenvalue weighted by Crippen LogP contribution is -2.31. The van der Waals surface area contributed by atoms with Crippen LogP contribution < -0.4 is 5.32 Å². The van der Waals surface area contributed by atoms with Crippen LogP contribution in [0.4, 0.5) is 5.69 Å². The van der Waals surface area contributed by atoms with Crippen LogP contribution in [-0.4, -0.2) is 29.6 Å². The normalized spacial score (nSPS) is 12.0. The number of hydrogen-bond donors (Lipinski definition) is 1. The number of fused-ring (bicyclic) bond motifs is 1. The third-order valence-electron chi connectivity index (χ3n) is 4.19. The van der Waals surface area contributed by atoms with Crippen molar-refractivity contribution in [3.8, 4) is 0 Å². The van der Waals surface area contributed by atoms with Crippen molar-refractivity contribution in [1.82, 2.24) is 4.98 Å². The van der Waals surface area contributed by atoms with Crippen LogP contribution in [0, 0.1) is 13.8 Å². The Bertz CT molecular complexity index is 946. The molecule has 28 heavy (non-hydrogen) atoms. The number of carbonyl (C=O) groups is 2. The molecule has 146 valence electrons. The molecule has 3 rings (SSSR count). The minimum atomic E-state index is -0.919. The molecular weight excluding hydrogens is 376 g/mol. The maximum atomic E-state index is 12.3. The average molecular weight is 398 g/mol. The zero-order valence-corrected chi connectivity index (χ0v) is 16.8. The number of para-hydroxylation sites is 2. The SMILES string of the molecule is Cc1cccc(C)c1NC(=O)[C@H](C)OC(=O)COCc1nc2ccccc2s1. The second kappa shape index (κ2) is 8.95. The molecule has 1 heterocycles. The topological polar surface area (TPSA) is 77.5 Å². The van der Waals surface area contributed by atoms with Crippen molar-refractivity contribution in [3.63, 3.8) is 0 Å². The number of hydrogen-bond acceptors (Lipinski definition) is 6. The molecule has 0 saturated carbocycles. The van der Waals surface area contributed by atoms with E-state index >= 15 is 0 Å². The van der Waals surface area contributed by atoms with Gasteiger partial charge in [0.2, 0.25) is 0 Å². The number of esters is 1. The number of amides is 1. The highest BCUT2D eigenvalue weighted by Gasteiger charge is 2.19. The Morgan fingerprint density at radius 1 is 1.11 bits per heavy atom. The van der Waals surface area contributed by atoms with Crippen molar-refractivity contribution < 1.29 is 19.1 Å². The van der Waals surface area contributed by atoms with E-state index in [0.717, 1.165) is 32.0 Å². The lowest BCUT2D eigenvalue weighted by Gasteiger charge is -2.16. The molecule has 0 spiro atoms. The molecule has 7 heteroatoms. The Labute approximate surface area is 167 Å². The van der Waals surface area contributed by atoms with Crippen molar-refractivity contribution in [3.05, 3.63) is 58.6 Å². The third kappa shape index (κ3) is 4.94. The van der Waals surface area contributed by atoms with Gasteiger partial charge in [-0.2, -0.15) is 0 Å². The summed E-state index contributed by atoms with van der Waals surface area (Å²) in [5, 5.41) is 3.60. The number of aryl methyl sites for hydroxylation is 2. The number of carbonyl (C=O) groups excluding carboxylic acids is 2. The summed E-state index contributed by atoms with van der Waals surface area (Å²) in [5.41, 5.74) is 3.55. The molecule has 0 radical (unpaired) electrons. The summed E-state index contributed by atoms with van der Waals surface area (Å²) >= 11 is 1.52. The largest absolute Gasteiger partial charge is 0.451 e. The van der Waals surface area contributed by atoms with Gasteiger partial charge in [-0.05, 0) is 44.0 Å². The van der Waals surface area contributed by atoms with Gasteiger partial charge in [0.05, 0.1) is 16.8 Å². The molecular formula is C21H22N2O4S. The van der Waals surface area contributed by atoms with Gasteiger partial charge in [-0.25, -0.2) is 9.78 Å². The second-order valence-corrected chi connectivity index (χ2v) is 7.57. The highest BCUT2D eigenvalue weighted by molar-refractivity contribution is 7.18. The Morgan fingerprint density at radius 2 is 1.82 bits per heavy atom. The number of anilines is 1. The zero-order valence-electron chi connectivity index (χ0n) is 16.0. The molecule has 0 saturated heterocycles. The van der Waals surface area contributed by atoms with Crippen molar-refractivity contribution in [2.24, 2.45) is 0 Å². The Kier molecular flexibility index (Phi) is 6.38. The van der Waals surface area contributed by atoms with Gasteiger partial charge in [0.15, 0.2) is 6.10 Å². The molecule has 1 N–H and O–H groups in total. The predicted octanol–water partition coefficient (Wildman–Crippen LogP) is 4.00. The van der Waals surface area contributed by atoms with Gasteiger partial charge in [0.1, 0.15) is 11.6 Å². The van der Waals surface area contributed by atoms with Crippen LogP contribution >= 0.6 is 11.3 Å². The van der Waals surface area contributed by atoms with Crippen molar-refractivity contribution in [2.75, 3.05) is 11.9 Å². The first kappa shape index (κ1) is 20.0. The molecule has 0 unspecified atom stereocenters. The van der Waals surface area contributed by atoms with E-state index in [1.54, 1.807) is 0 Å². The molecule has 0 aliphatic rings. The van der Waals surface area contributed by atoms with Gasteiger partial charge in [0, 0.05) is 5.69 Å². The van der Waals surface area contributed by atoms with Crippen molar-refractivity contribution in [1.29, 1.82) is 0 Å². The summed E-state index contributed by atoms with van der Waals surface area (Å²) in [7, 11) is 0. The second-order valence-electron chi connectivity index (χ2n) is 6.46. The van der Waals surface area contributed by atoms with Crippen LogP contribution in [0.15, 0.2) is 42.5 Å². The van der Waals surface area contributed by atoms with Gasteiger partial charge in [-0.3, -0.25) is 4.79 Å². The molecule has 0 bridgehead atoms. The van der Waals surface area contributed by atoms with Crippen LogP contribution in [0.3, 0.4) is 0 Å². The van der Waals surface area contributed by atoms with E-state index in [-0.39, 0.29) is 19.1 Å². The molecule has 0 fully saturated rings. The van der Waals surface area contributed by atoms with Gasteiger partial charge >= 0.3 is 5.97 Å². The molecule has 3 aromatic rings. The number of aromatic nitrogens is 1. The van der Waals surface area contributed by atoms with Crippen LogP contribution in [0.5, 0.6) is 0 Å². The van der Waals surface area contributed by atoms with Gasteiger partial charge in [-0.1, -0.05) is 30.3 Å². The zero-order chi connectivity index (χ0) is 20.1. The fourth-order valence-electron chi connectivity index (χ4n) is 2.72. The number of nitrogens with zero attached hydrogens (tertiary/aromatic N) is 1. The molecule has 1 aromatic heterocycles.